The molecule has 0 atom stereocenters. The van der Waals surface area contributed by atoms with Gasteiger partial charge in [0.1, 0.15) is 23.0 Å². The molecule has 0 fully saturated rings. The number of nitrogens with zero attached hydrogens (tertiary/aromatic N) is 1. The largest absolute Gasteiger partial charge is 0.507 e. The highest BCUT2D eigenvalue weighted by Crippen LogP contribution is 2.37. The summed E-state index contributed by atoms with van der Waals surface area (Å²) in [5.74, 6) is 0.826. The van der Waals surface area contributed by atoms with Gasteiger partial charge in [-0.2, -0.15) is 0 Å². The second-order valence-corrected chi connectivity index (χ2v) is 11.4. The standard InChI is InChI=1S/C34H37NO4/c1-19-6-23-14-24-7-20(2)9-26(32(24)37)16-28-11-22(4)13-30(34(28)39)18-35(5)17-29-12-21(3)10-27(33(29)38)15-25(8-19)31(23)36/h6-13,36-39H,14-18H2,1-5H3. The number of rotatable bonds is 0. The van der Waals surface area contributed by atoms with Crippen molar-refractivity contribution in [3.05, 3.63) is 115 Å². The van der Waals surface area contributed by atoms with E-state index in [1.807, 2.05) is 83.3 Å². The maximum atomic E-state index is 11.3. The Morgan fingerprint density at radius 2 is 0.615 bits per heavy atom. The lowest BCUT2D eigenvalue weighted by Gasteiger charge is -2.22. The van der Waals surface area contributed by atoms with Gasteiger partial charge in [-0.1, -0.05) is 70.8 Å². The first-order valence-corrected chi connectivity index (χ1v) is 13.4. The Kier molecular flexibility index (Phi) is 7.04. The molecule has 0 aromatic heterocycles. The maximum Gasteiger partial charge on any atom is 0.123 e. The first-order valence-electron chi connectivity index (χ1n) is 13.4. The van der Waals surface area contributed by atoms with Crippen molar-refractivity contribution in [2.24, 2.45) is 0 Å². The number of aromatic hydroxyl groups is 4. The molecule has 5 nitrogen and oxygen atoms in total. The minimum absolute atomic E-state index is 0.185. The van der Waals surface area contributed by atoms with E-state index in [9.17, 15) is 20.4 Å². The molecule has 5 rings (SSSR count). The maximum absolute atomic E-state index is 11.3. The van der Waals surface area contributed by atoms with Gasteiger partial charge in [-0.15, -0.1) is 0 Å². The fourth-order valence-corrected chi connectivity index (χ4v) is 6.04. The van der Waals surface area contributed by atoms with Crippen LogP contribution in [-0.2, 0) is 32.4 Å². The van der Waals surface area contributed by atoms with E-state index in [2.05, 4.69) is 4.90 Å². The smallest absolute Gasteiger partial charge is 0.123 e. The summed E-state index contributed by atoms with van der Waals surface area (Å²) < 4.78 is 0. The molecule has 0 spiro atoms. The molecular weight excluding hydrogens is 486 g/mol. The molecule has 0 amide bonds. The molecule has 0 aliphatic carbocycles. The Balaban J connectivity index is 1.72. The number of phenolic OH excluding ortho intramolecular Hbond substituents is 4. The Labute approximate surface area is 230 Å². The summed E-state index contributed by atoms with van der Waals surface area (Å²) in [6, 6.07) is 15.8. The number of hydrogen-bond acceptors (Lipinski definition) is 5. The minimum atomic E-state index is 0.185. The van der Waals surface area contributed by atoms with E-state index in [0.29, 0.717) is 32.4 Å². The van der Waals surface area contributed by atoms with Crippen molar-refractivity contribution in [3.63, 3.8) is 0 Å². The zero-order valence-electron chi connectivity index (χ0n) is 23.4. The highest BCUT2D eigenvalue weighted by Gasteiger charge is 2.20. The van der Waals surface area contributed by atoms with Crippen molar-refractivity contribution in [1.29, 1.82) is 0 Å². The number of benzene rings is 4. The summed E-state index contributed by atoms with van der Waals surface area (Å²) in [6.07, 6.45) is 1.14. The fraction of sp³-hybridized carbons (Fsp3) is 0.294. The van der Waals surface area contributed by atoms with E-state index in [0.717, 1.165) is 66.8 Å². The third kappa shape index (κ3) is 5.45. The van der Waals surface area contributed by atoms with Crippen molar-refractivity contribution >= 4 is 0 Å². The molecule has 202 valence electrons. The van der Waals surface area contributed by atoms with Gasteiger partial charge >= 0.3 is 0 Å². The summed E-state index contributed by atoms with van der Waals surface area (Å²) in [7, 11) is 1.97. The molecule has 8 bridgehead atoms. The quantitative estimate of drug-likeness (QED) is 0.213. The van der Waals surface area contributed by atoms with Crippen LogP contribution in [0, 0.1) is 27.7 Å². The van der Waals surface area contributed by atoms with Crippen LogP contribution in [0.5, 0.6) is 23.0 Å². The first-order chi connectivity index (χ1) is 18.5. The van der Waals surface area contributed by atoms with Crippen LogP contribution in [0.4, 0.5) is 0 Å². The van der Waals surface area contributed by atoms with Crippen molar-refractivity contribution in [3.8, 4) is 23.0 Å². The Morgan fingerprint density at radius 3 is 0.872 bits per heavy atom. The van der Waals surface area contributed by atoms with Gasteiger partial charge in [0.05, 0.1) is 0 Å². The molecule has 1 aliphatic rings. The average Bonchev–Trinajstić information content (AvgIpc) is 2.85. The molecule has 0 radical (unpaired) electrons. The summed E-state index contributed by atoms with van der Waals surface area (Å²) in [5, 5.41) is 45.3. The van der Waals surface area contributed by atoms with Crippen LogP contribution >= 0.6 is 0 Å². The van der Waals surface area contributed by atoms with Crippen LogP contribution in [0.3, 0.4) is 0 Å². The monoisotopic (exact) mass is 523 g/mol. The van der Waals surface area contributed by atoms with Gasteiger partial charge in [0, 0.05) is 43.5 Å². The Morgan fingerprint density at radius 1 is 0.410 bits per heavy atom. The lowest BCUT2D eigenvalue weighted by atomic mass is 9.91. The topological polar surface area (TPSA) is 84.2 Å². The zero-order valence-corrected chi connectivity index (χ0v) is 23.4. The van der Waals surface area contributed by atoms with Gasteiger partial charge in [-0.05, 0) is 68.1 Å². The lowest BCUT2D eigenvalue weighted by Crippen LogP contribution is -2.18. The van der Waals surface area contributed by atoms with Gasteiger partial charge in [-0.3, -0.25) is 4.90 Å². The van der Waals surface area contributed by atoms with Crippen molar-refractivity contribution in [2.75, 3.05) is 7.05 Å². The normalized spacial score (nSPS) is 14.1. The van der Waals surface area contributed by atoms with Gasteiger partial charge < -0.3 is 20.4 Å². The molecule has 1 heterocycles. The molecule has 5 heteroatoms. The second kappa shape index (κ2) is 10.3. The number of phenols is 4. The molecule has 0 saturated heterocycles. The first kappa shape index (κ1) is 26.6. The molecule has 4 N–H and O–H groups in total. The molecule has 4 aromatic rings. The third-order valence-electron chi connectivity index (χ3n) is 7.67. The summed E-state index contributed by atoms with van der Waals surface area (Å²) in [5.41, 5.74) is 10.2. The van der Waals surface area contributed by atoms with E-state index in [4.69, 9.17) is 0 Å². The number of aryl methyl sites for hydroxylation is 4. The third-order valence-corrected chi connectivity index (χ3v) is 7.67. The van der Waals surface area contributed by atoms with Gasteiger partial charge in [0.25, 0.3) is 0 Å². The van der Waals surface area contributed by atoms with Crippen LogP contribution in [-0.4, -0.2) is 32.4 Å². The van der Waals surface area contributed by atoms with Crippen LogP contribution in [0.25, 0.3) is 0 Å². The molecule has 39 heavy (non-hydrogen) atoms. The SMILES string of the molecule is Cc1cc2c(O)c(c1)Cc1cc(C)cc(c1O)CN(C)Cc1cc(C)cc(c1O)Cc1cc(C)cc(c1O)C2. The van der Waals surface area contributed by atoms with E-state index in [1.54, 1.807) is 0 Å². The molecular formula is C34H37NO4. The average molecular weight is 524 g/mol. The van der Waals surface area contributed by atoms with Crippen molar-refractivity contribution in [1.82, 2.24) is 4.90 Å². The van der Waals surface area contributed by atoms with E-state index >= 15 is 0 Å². The second-order valence-electron chi connectivity index (χ2n) is 11.4. The zero-order chi connectivity index (χ0) is 28.0. The van der Waals surface area contributed by atoms with Crippen molar-refractivity contribution < 1.29 is 20.4 Å². The summed E-state index contributed by atoms with van der Waals surface area (Å²) >= 11 is 0. The fourth-order valence-electron chi connectivity index (χ4n) is 6.04. The molecule has 0 saturated carbocycles. The predicted molar refractivity (Wildman–Crippen MR) is 155 cm³/mol. The van der Waals surface area contributed by atoms with Gasteiger partial charge in [0.15, 0.2) is 0 Å². The van der Waals surface area contributed by atoms with E-state index < -0.39 is 0 Å². The summed E-state index contributed by atoms with van der Waals surface area (Å²) in [4.78, 5) is 2.07. The Hall–Kier alpha value is -3.96. The van der Waals surface area contributed by atoms with Gasteiger partial charge in [-0.25, -0.2) is 0 Å². The van der Waals surface area contributed by atoms with Crippen LogP contribution in [0.1, 0.15) is 66.8 Å². The van der Waals surface area contributed by atoms with Crippen molar-refractivity contribution in [2.45, 2.75) is 60.0 Å². The van der Waals surface area contributed by atoms with Gasteiger partial charge in [0.2, 0.25) is 0 Å². The van der Waals surface area contributed by atoms with E-state index in [-0.39, 0.29) is 23.0 Å². The lowest BCUT2D eigenvalue weighted by molar-refractivity contribution is 0.306. The van der Waals surface area contributed by atoms with Crippen LogP contribution < -0.4 is 0 Å². The number of hydrogen-bond donors (Lipinski definition) is 4. The Bertz CT molecular complexity index is 1470. The summed E-state index contributed by atoms with van der Waals surface area (Å²) in [6.45, 7) is 9.00. The minimum Gasteiger partial charge on any atom is -0.507 e. The van der Waals surface area contributed by atoms with E-state index in [1.165, 1.54) is 0 Å². The highest BCUT2D eigenvalue weighted by molar-refractivity contribution is 5.55. The highest BCUT2D eigenvalue weighted by atomic mass is 16.3. The molecule has 0 unspecified atom stereocenters. The molecule has 4 aromatic carbocycles. The van der Waals surface area contributed by atoms with Crippen LogP contribution in [0.2, 0.25) is 0 Å². The number of fused-ring (bicyclic) bond motifs is 8. The molecule has 1 aliphatic heterocycles. The van der Waals surface area contributed by atoms with Crippen LogP contribution in [0.15, 0.2) is 48.5 Å². The predicted octanol–water partition coefficient (Wildman–Crippen LogP) is 6.46.